The molecule has 0 aliphatic heterocycles. The van der Waals surface area contributed by atoms with E-state index in [-0.39, 0.29) is 31.1 Å². The van der Waals surface area contributed by atoms with Crippen molar-refractivity contribution in [2.45, 2.75) is 56.9 Å². The van der Waals surface area contributed by atoms with Crippen molar-refractivity contribution < 1.29 is 29.0 Å². The van der Waals surface area contributed by atoms with Gasteiger partial charge < -0.3 is 25.2 Å². The summed E-state index contributed by atoms with van der Waals surface area (Å²) in [6.07, 6.45) is 0.338. The highest BCUT2D eigenvalue weighted by atomic mass is 16.5. The number of fused-ring (bicyclic) bond motifs is 3. The second-order valence-corrected chi connectivity index (χ2v) is 10.5. The second-order valence-electron chi connectivity index (χ2n) is 10.5. The normalized spacial score (nSPS) is 19.2. The van der Waals surface area contributed by atoms with E-state index in [1.54, 1.807) is 6.92 Å². The first-order valence-corrected chi connectivity index (χ1v) is 13.7. The van der Waals surface area contributed by atoms with Crippen LogP contribution in [0.5, 0.6) is 0 Å². The summed E-state index contributed by atoms with van der Waals surface area (Å²) in [5, 5.41) is 15.2. The molecule has 3 aromatic carbocycles. The summed E-state index contributed by atoms with van der Waals surface area (Å²) in [5.41, 5.74) is 5.53. The van der Waals surface area contributed by atoms with Crippen LogP contribution >= 0.6 is 0 Å². The van der Waals surface area contributed by atoms with Crippen LogP contribution in [0.3, 0.4) is 0 Å². The average molecular weight is 543 g/mol. The number of amides is 2. The molecule has 0 aromatic heterocycles. The molecule has 2 amide bonds. The molecule has 8 nitrogen and oxygen atoms in total. The molecule has 3 aromatic rings. The summed E-state index contributed by atoms with van der Waals surface area (Å²) in [6, 6.07) is 24.4. The third-order valence-corrected chi connectivity index (χ3v) is 7.86. The third kappa shape index (κ3) is 6.18. The molecule has 0 spiro atoms. The van der Waals surface area contributed by atoms with E-state index < -0.39 is 30.1 Å². The molecule has 5 rings (SSSR count). The van der Waals surface area contributed by atoms with Crippen molar-refractivity contribution in [1.29, 1.82) is 0 Å². The van der Waals surface area contributed by atoms with Crippen molar-refractivity contribution in [2.24, 2.45) is 5.92 Å². The molecule has 4 atom stereocenters. The van der Waals surface area contributed by atoms with Crippen LogP contribution in [0.25, 0.3) is 11.1 Å². The number of hydrogen-bond acceptors (Lipinski definition) is 5. The number of carbonyl (C=O) groups excluding carboxylic acids is 2. The molecule has 0 unspecified atom stereocenters. The van der Waals surface area contributed by atoms with Crippen LogP contribution in [0.1, 0.15) is 48.8 Å². The first-order chi connectivity index (χ1) is 19.4. The largest absolute Gasteiger partial charge is 0.480 e. The van der Waals surface area contributed by atoms with E-state index in [9.17, 15) is 19.5 Å². The smallest absolute Gasteiger partial charge is 0.407 e. The van der Waals surface area contributed by atoms with Crippen LogP contribution in [0.15, 0.2) is 78.9 Å². The Labute approximate surface area is 233 Å². The minimum absolute atomic E-state index is 0.0284. The fourth-order valence-corrected chi connectivity index (χ4v) is 5.71. The second kappa shape index (κ2) is 12.3. The molecule has 1 saturated carbocycles. The topological polar surface area (TPSA) is 114 Å². The Balaban J connectivity index is 1.10. The van der Waals surface area contributed by atoms with Gasteiger partial charge in [0, 0.05) is 17.9 Å². The standard InChI is InChI=1S/C32H34N2O6/c1-20(39-18-21-9-3-2-4-10-21)29(31(36)37)34-30(35)22-15-16-23(17-22)33-32(38)40-19-28-26-13-7-5-11-24(26)25-12-6-8-14-27(25)28/h2-14,20,22-23,28-29H,15-19H2,1H3,(H,33,38)(H,34,35)(H,36,37)/t20-,22-,23+,29+/m1/s1. The zero-order valence-electron chi connectivity index (χ0n) is 22.4. The molecular formula is C32H34N2O6. The first-order valence-electron chi connectivity index (χ1n) is 13.7. The average Bonchev–Trinajstić information content (AvgIpc) is 3.56. The lowest BCUT2D eigenvalue weighted by Crippen LogP contribution is -2.50. The molecule has 1 fully saturated rings. The maximum atomic E-state index is 12.9. The maximum Gasteiger partial charge on any atom is 0.407 e. The van der Waals surface area contributed by atoms with Crippen LogP contribution in [-0.4, -0.2) is 47.9 Å². The molecule has 0 saturated heterocycles. The van der Waals surface area contributed by atoms with E-state index in [4.69, 9.17) is 9.47 Å². The van der Waals surface area contributed by atoms with Gasteiger partial charge in [0.25, 0.3) is 0 Å². The summed E-state index contributed by atoms with van der Waals surface area (Å²) in [4.78, 5) is 37.5. The van der Waals surface area contributed by atoms with Crippen molar-refractivity contribution in [3.05, 3.63) is 95.6 Å². The van der Waals surface area contributed by atoms with Gasteiger partial charge in [-0.3, -0.25) is 4.79 Å². The Kier molecular flexibility index (Phi) is 8.45. The zero-order valence-corrected chi connectivity index (χ0v) is 22.4. The van der Waals surface area contributed by atoms with Crippen LogP contribution in [-0.2, 0) is 25.7 Å². The molecule has 0 heterocycles. The Morgan fingerprint density at radius 1 is 0.900 bits per heavy atom. The number of carboxylic acids is 1. The SMILES string of the molecule is C[C@@H](OCc1ccccc1)[C@H](NC(=O)[C@@H]1CC[C@H](NC(=O)OCC2c3ccccc3-c3ccccc32)C1)C(=O)O. The quantitative estimate of drug-likeness (QED) is 0.337. The number of hydrogen-bond donors (Lipinski definition) is 3. The Morgan fingerprint density at radius 3 is 2.17 bits per heavy atom. The minimum atomic E-state index is -1.18. The van der Waals surface area contributed by atoms with Gasteiger partial charge in [-0.15, -0.1) is 0 Å². The van der Waals surface area contributed by atoms with Gasteiger partial charge >= 0.3 is 12.1 Å². The third-order valence-electron chi connectivity index (χ3n) is 7.86. The molecule has 2 aliphatic carbocycles. The van der Waals surface area contributed by atoms with E-state index in [0.29, 0.717) is 19.3 Å². The number of ether oxygens (including phenoxy) is 2. The fourth-order valence-electron chi connectivity index (χ4n) is 5.71. The lowest BCUT2D eigenvalue weighted by molar-refractivity contribution is -0.147. The van der Waals surface area contributed by atoms with Crippen molar-refractivity contribution in [2.75, 3.05) is 6.61 Å². The molecular weight excluding hydrogens is 508 g/mol. The van der Waals surface area contributed by atoms with Crippen LogP contribution < -0.4 is 10.6 Å². The molecule has 2 aliphatic rings. The number of aliphatic carboxylic acids is 1. The van der Waals surface area contributed by atoms with Crippen molar-refractivity contribution in [3.63, 3.8) is 0 Å². The van der Waals surface area contributed by atoms with Crippen molar-refractivity contribution in [1.82, 2.24) is 10.6 Å². The maximum absolute atomic E-state index is 12.9. The van der Waals surface area contributed by atoms with E-state index in [1.807, 2.05) is 54.6 Å². The molecule has 0 bridgehead atoms. The van der Waals surface area contributed by atoms with Gasteiger partial charge in [-0.25, -0.2) is 9.59 Å². The number of benzene rings is 3. The highest BCUT2D eigenvalue weighted by Gasteiger charge is 2.35. The Morgan fingerprint density at radius 2 is 1.52 bits per heavy atom. The fraction of sp³-hybridized carbons (Fsp3) is 0.344. The van der Waals surface area contributed by atoms with Crippen molar-refractivity contribution >= 4 is 18.0 Å². The van der Waals surface area contributed by atoms with Gasteiger partial charge in [-0.05, 0) is 54.0 Å². The highest BCUT2D eigenvalue weighted by molar-refractivity contribution is 5.85. The van der Waals surface area contributed by atoms with Crippen LogP contribution in [0, 0.1) is 5.92 Å². The van der Waals surface area contributed by atoms with Gasteiger partial charge in [-0.2, -0.15) is 0 Å². The summed E-state index contributed by atoms with van der Waals surface area (Å²) in [7, 11) is 0. The minimum Gasteiger partial charge on any atom is -0.480 e. The summed E-state index contributed by atoms with van der Waals surface area (Å²) < 4.78 is 11.4. The molecule has 8 heteroatoms. The zero-order chi connectivity index (χ0) is 28.1. The van der Waals surface area contributed by atoms with Gasteiger partial charge in [-0.1, -0.05) is 78.9 Å². The number of nitrogens with one attached hydrogen (secondary N) is 2. The number of rotatable bonds is 10. The molecule has 3 N–H and O–H groups in total. The van der Waals surface area contributed by atoms with E-state index >= 15 is 0 Å². The Bertz CT molecular complexity index is 1310. The van der Waals surface area contributed by atoms with Crippen LogP contribution in [0.4, 0.5) is 4.79 Å². The number of carboxylic acid groups (broad SMARTS) is 1. The Hall–Kier alpha value is -4.17. The predicted octanol–water partition coefficient (Wildman–Crippen LogP) is 4.87. The monoisotopic (exact) mass is 542 g/mol. The lowest BCUT2D eigenvalue weighted by atomic mass is 9.98. The van der Waals surface area contributed by atoms with Gasteiger partial charge in [0.05, 0.1) is 12.7 Å². The lowest BCUT2D eigenvalue weighted by Gasteiger charge is -2.23. The van der Waals surface area contributed by atoms with Gasteiger partial charge in [0.2, 0.25) is 5.91 Å². The van der Waals surface area contributed by atoms with Gasteiger partial charge in [0.15, 0.2) is 6.04 Å². The molecule has 0 radical (unpaired) electrons. The number of alkyl carbamates (subject to hydrolysis) is 1. The van der Waals surface area contributed by atoms with E-state index in [2.05, 4.69) is 34.9 Å². The van der Waals surface area contributed by atoms with E-state index in [0.717, 1.165) is 27.8 Å². The number of carbonyl (C=O) groups is 3. The molecule has 40 heavy (non-hydrogen) atoms. The first kappa shape index (κ1) is 27.4. The van der Waals surface area contributed by atoms with Crippen LogP contribution in [0.2, 0.25) is 0 Å². The van der Waals surface area contributed by atoms with Crippen molar-refractivity contribution in [3.8, 4) is 11.1 Å². The van der Waals surface area contributed by atoms with Gasteiger partial charge in [0.1, 0.15) is 6.61 Å². The highest BCUT2D eigenvalue weighted by Crippen LogP contribution is 2.44. The summed E-state index contributed by atoms with van der Waals surface area (Å²) in [5.74, 6) is -1.93. The van der Waals surface area contributed by atoms with E-state index in [1.165, 1.54) is 0 Å². The summed E-state index contributed by atoms with van der Waals surface area (Å²) in [6.45, 7) is 2.10. The summed E-state index contributed by atoms with van der Waals surface area (Å²) >= 11 is 0. The predicted molar refractivity (Wildman–Crippen MR) is 150 cm³/mol. The molecule has 208 valence electrons.